The lowest BCUT2D eigenvalue weighted by atomic mass is 10.2. The number of carbonyl (C=O) groups is 2. The van der Waals surface area contributed by atoms with E-state index in [0.717, 1.165) is 4.88 Å². The van der Waals surface area contributed by atoms with Crippen molar-refractivity contribution in [3.05, 3.63) is 22.4 Å². The van der Waals surface area contributed by atoms with E-state index in [4.69, 9.17) is 5.73 Å². The van der Waals surface area contributed by atoms with Gasteiger partial charge in [0, 0.05) is 25.5 Å². The highest BCUT2D eigenvalue weighted by atomic mass is 32.1. The van der Waals surface area contributed by atoms with Crippen LogP contribution in [0.5, 0.6) is 0 Å². The van der Waals surface area contributed by atoms with Gasteiger partial charge in [0.2, 0.25) is 11.8 Å². The SMILES string of the molecule is CCN(CC(=O)N(C)C)C(=O)C(N)c1cccs1. The number of nitrogens with two attached hydrogens (primary N) is 1. The van der Waals surface area contributed by atoms with E-state index in [1.54, 1.807) is 14.1 Å². The van der Waals surface area contributed by atoms with Gasteiger partial charge >= 0.3 is 0 Å². The van der Waals surface area contributed by atoms with Crippen LogP contribution in [0.3, 0.4) is 0 Å². The first-order valence-electron chi connectivity index (χ1n) is 5.75. The van der Waals surface area contributed by atoms with Crippen molar-refractivity contribution in [1.29, 1.82) is 0 Å². The van der Waals surface area contributed by atoms with E-state index in [1.165, 1.54) is 21.1 Å². The summed E-state index contributed by atoms with van der Waals surface area (Å²) in [4.78, 5) is 27.5. The molecule has 0 saturated heterocycles. The number of hydrogen-bond acceptors (Lipinski definition) is 4. The molecule has 5 nitrogen and oxygen atoms in total. The van der Waals surface area contributed by atoms with E-state index in [0.29, 0.717) is 6.54 Å². The van der Waals surface area contributed by atoms with Gasteiger partial charge < -0.3 is 15.5 Å². The van der Waals surface area contributed by atoms with Crippen molar-refractivity contribution in [2.75, 3.05) is 27.2 Å². The molecule has 0 aliphatic rings. The second kappa shape index (κ2) is 6.51. The summed E-state index contributed by atoms with van der Waals surface area (Å²) < 4.78 is 0. The topological polar surface area (TPSA) is 66.6 Å². The van der Waals surface area contributed by atoms with Crippen molar-refractivity contribution in [2.45, 2.75) is 13.0 Å². The predicted molar refractivity (Wildman–Crippen MR) is 72.2 cm³/mol. The second-order valence-electron chi connectivity index (χ2n) is 4.13. The quantitative estimate of drug-likeness (QED) is 0.855. The summed E-state index contributed by atoms with van der Waals surface area (Å²) in [5, 5.41) is 1.88. The number of nitrogens with zero attached hydrogens (tertiary/aromatic N) is 2. The fourth-order valence-corrected chi connectivity index (χ4v) is 2.16. The Kier molecular flexibility index (Phi) is 5.30. The van der Waals surface area contributed by atoms with E-state index in [1.807, 2.05) is 24.4 Å². The van der Waals surface area contributed by atoms with Gasteiger partial charge in [-0.3, -0.25) is 9.59 Å². The van der Waals surface area contributed by atoms with Crippen LogP contribution in [0, 0.1) is 0 Å². The summed E-state index contributed by atoms with van der Waals surface area (Å²) in [7, 11) is 3.33. The number of amides is 2. The average Bonchev–Trinajstić information content (AvgIpc) is 2.87. The maximum atomic E-state index is 12.2. The third-order valence-electron chi connectivity index (χ3n) is 2.63. The summed E-state index contributed by atoms with van der Waals surface area (Å²) in [5.74, 6) is -0.321. The lowest BCUT2D eigenvalue weighted by Crippen LogP contribution is -2.43. The van der Waals surface area contributed by atoms with E-state index in [-0.39, 0.29) is 18.4 Å². The molecular weight excluding hydrogens is 250 g/mol. The van der Waals surface area contributed by atoms with Crippen molar-refractivity contribution in [3.8, 4) is 0 Å². The largest absolute Gasteiger partial charge is 0.347 e. The molecular formula is C12H19N3O2S. The molecule has 6 heteroatoms. The first kappa shape index (κ1) is 14.7. The molecule has 2 N–H and O–H groups in total. The Balaban J connectivity index is 2.70. The highest BCUT2D eigenvalue weighted by Gasteiger charge is 2.24. The third-order valence-corrected chi connectivity index (χ3v) is 3.59. The molecule has 18 heavy (non-hydrogen) atoms. The van der Waals surface area contributed by atoms with Crippen LogP contribution in [0.2, 0.25) is 0 Å². The molecule has 1 heterocycles. The molecule has 1 unspecified atom stereocenters. The van der Waals surface area contributed by atoms with Crippen LogP contribution in [-0.4, -0.2) is 48.8 Å². The maximum Gasteiger partial charge on any atom is 0.245 e. The molecule has 1 atom stereocenters. The molecule has 0 aromatic carbocycles. The van der Waals surface area contributed by atoms with Crippen molar-refractivity contribution in [1.82, 2.24) is 9.80 Å². The minimum atomic E-state index is -0.681. The molecule has 0 saturated carbocycles. The minimum Gasteiger partial charge on any atom is -0.347 e. The Labute approximate surface area is 111 Å². The van der Waals surface area contributed by atoms with E-state index in [2.05, 4.69) is 0 Å². The molecule has 1 rings (SSSR count). The van der Waals surface area contributed by atoms with Gasteiger partial charge in [0.05, 0.1) is 6.54 Å². The van der Waals surface area contributed by atoms with Crippen LogP contribution < -0.4 is 5.73 Å². The third kappa shape index (κ3) is 3.54. The Hall–Kier alpha value is -1.40. The highest BCUT2D eigenvalue weighted by molar-refractivity contribution is 7.10. The van der Waals surface area contributed by atoms with Gasteiger partial charge in [-0.1, -0.05) is 6.07 Å². The van der Waals surface area contributed by atoms with Gasteiger partial charge in [-0.15, -0.1) is 11.3 Å². The van der Waals surface area contributed by atoms with Gasteiger partial charge in [0.15, 0.2) is 0 Å². The zero-order chi connectivity index (χ0) is 13.7. The summed E-state index contributed by atoms with van der Waals surface area (Å²) in [6, 6.07) is 3.00. The monoisotopic (exact) mass is 269 g/mol. The number of thiophene rings is 1. The molecule has 0 radical (unpaired) electrons. The zero-order valence-corrected chi connectivity index (χ0v) is 11.7. The van der Waals surface area contributed by atoms with E-state index >= 15 is 0 Å². The summed E-state index contributed by atoms with van der Waals surface area (Å²) in [5.41, 5.74) is 5.91. The molecule has 0 aliphatic heterocycles. The minimum absolute atomic E-state index is 0.0708. The summed E-state index contributed by atoms with van der Waals surface area (Å²) in [6.45, 7) is 2.38. The smallest absolute Gasteiger partial charge is 0.245 e. The molecule has 0 bridgehead atoms. The van der Waals surface area contributed by atoms with Gasteiger partial charge in [0.25, 0.3) is 0 Å². The van der Waals surface area contributed by atoms with Gasteiger partial charge in [-0.25, -0.2) is 0 Å². The van der Waals surface area contributed by atoms with E-state index < -0.39 is 6.04 Å². The van der Waals surface area contributed by atoms with Crippen molar-refractivity contribution in [2.24, 2.45) is 5.73 Å². The fraction of sp³-hybridized carbons (Fsp3) is 0.500. The fourth-order valence-electron chi connectivity index (χ4n) is 1.44. The number of carbonyl (C=O) groups excluding carboxylic acids is 2. The molecule has 0 fully saturated rings. The van der Waals surface area contributed by atoms with Crippen LogP contribution in [0.4, 0.5) is 0 Å². The maximum absolute atomic E-state index is 12.2. The second-order valence-corrected chi connectivity index (χ2v) is 5.11. The molecule has 100 valence electrons. The lowest BCUT2D eigenvalue weighted by Gasteiger charge is -2.24. The lowest BCUT2D eigenvalue weighted by molar-refractivity contribution is -0.139. The zero-order valence-electron chi connectivity index (χ0n) is 10.9. The summed E-state index contributed by atoms with van der Waals surface area (Å²) in [6.07, 6.45) is 0. The summed E-state index contributed by atoms with van der Waals surface area (Å²) >= 11 is 1.44. The standard InChI is InChI=1S/C12H19N3O2S/c1-4-15(8-10(16)14(2)3)12(17)11(13)9-6-5-7-18-9/h5-7,11H,4,8,13H2,1-3H3. The number of likely N-dealkylation sites (N-methyl/N-ethyl adjacent to an activating group) is 2. The van der Waals surface area contributed by atoms with Gasteiger partial charge in [0.1, 0.15) is 6.04 Å². The predicted octanol–water partition coefficient (Wildman–Crippen LogP) is 0.685. The van der Waals surface area contributed by atoms with Crippen molar-refractivity contribution in [3.63, 3.8) is 0 Å². The molecule has 0 spiro atoms. The van der Waals surface area contributed by atoms with Crippen LogP contribution in [-0.2, 0) is 9.59 Å². The van der Waals surface area contributed by atoms with Crippen molar-refractivity contribution < 1.29 is 9.59 Å². The number of rotatable bonds is 5. The molecule has 1 aromatic heterocycles. The van der Waals surface area contributed by atoms with Crippen molar-refractivity contribution >= 4 is 23.2 Å². The van der Waals surface area contributed by atoms with E-state index in [9.17, 15) is 9.59 Å². The first-order chi connectivity index (χ1) is 8.47. The normalized spacial score (nSPS) is 12.0. The molecule has 0 aliphatic carbocycles. The first-order valence-corrected chi connectivity index (χ1v) is 6.63. The van der Waals surface area contributed by atoms with Gasteiger partial charge in [-0.2, -0.15) is 0 Å². The Morgan fingerprint density at radius 3 is 2.56 bits per heavy atom. The van der Waals surface area contributed by atoms with Crippen LogP contribution in [0.1, 0.15) is 17.8 Å². The van der Waals surface area contributed by atoms with Crippen LogP contribution >= 0.6 is 11.3 Å². The van der Waals surface area contributed by atoms with Crippen LogP contribution in [0.25, 0.3) is 0 Å². The molecule has 1 aromatic rings. The average molecular weight is 269 g/mol. The Bertz CT molecular complexity index is 403. The highest BCUT2D eigenvalue weighted by Crippen LogP contribution is 2.18. The number of hydrogen-bond donors (Lipinski definition) is 1. The Morgan fingerprint density at radius 1 is 1.44 bits per heavy atom. The van der Waals surface area contributed by atoms with Crippen LogP contribution in [0.15, 0.2) is 17.5 Å². The Morgan fingerprint density at radius 2 is 2.11 bits per heavy atom. The van der Waals surface area contributed by atoms with Gasteiger partial charge in [-0.05, 0) is 18.4 Å². The molecule has 2 amide bonds.